The predicted octanol–water partition coefficient (Wildman–Crippen LogP) is 2.32. The number of methoxy groups -OCH3 is 1. The zero-order valence-electron chi connectivity index (χ0n) is 11.7. The summed E-state index contributed by atoms with van der Waals surface area (Å²) < 4.78 is 7.27. The average Bonchev–Trinajstić information content (AvgIpc) is 2.63. The molecule has 0 fully saturated rings. The van der Waals surface area contributed by atoms with E-state index in [4.69, 9.17) is 22.1 Å². The Kier molecular flexibility index (Phi) is 6.12. The van der Waals surface area contributed by atoms with E-state index in [9.17, 15) is 0 Å². The lowest BCUT2D eigenvalue weighted by molar-refractivity contribution is 0.0722. The molecule has 0 aliphatic carbocycles. The van der Waals surface area contributed by atoms with Gasteiger partial charge in [-0.1, -0.05) is 31.9 Å². The highest BCUT2D eigenvalue weighted by molar-refractivity contribution is 6.31. The number of halogens is 1. The summed E-state index contributed by atoms with van der Waals surface area (Å²) in [5, 5.41) is 5.15. The second-order valence-electron chi connectivity index (χ2n) is 4.62. The van der Waals surface area contributed by atoms with Crippen molar-refractivity contribution >= 4 is 11.6 Å². The second kappa shape index (κ2) is 7.12. The number of hydrogen-bond acceptors (Lipinski definition) is 3. The van der Waals surface area contributed by atoms with Crippen LogP contribution < -0.4 is 5.73 Å². The van der Waals surface area contributed by atoms with Gasteiger partial charge in [0.05, 0.1) is 22.5 Å². The number of hydrogen-bond donors (Lipinski definition) is 1. The van der Waals surface area contributed by atoms with Crippen molar-refractivity contribution in [1.82, 2.24) is 9.78 Å². The minimum atomic E-state index is -0.0486. The standard InChI is InChI=1S/C13H24ClN3O/c1-5-7-12(18-4)9(15)8-11-13(14)10(6-2)16-17(11)3/h9,12H,5-8,15H2,1-4H3. The van der Waals surface area contributed by atoms with Crippen molar-refractivity contribution in [3.05, 3.63) is 16.4 Å². The Labute approximate surface area is 114 Å². The van der Waals surface area contributed by atoms with Crippen LogP contribution in [-0.4, -0.2) is 29.0 Å². The van der Waals surface area contributed by atoms with Gasteiger partial charge in [-0.15, -0.1) is 0 Å². The summed E-state index contributed by atoms with van der Waals surface area (Å²) >= 11 is 6.32. The Morgan fingerprint density at radius 2 is 2.11 bits per heavy atom. The molecule has 5 heteroatoms. The van der Waals surface area contributed by atoms with Crippen molar-refractivity contribution in [2.45, 2.75) is 51.7 Å². The summed E-state index contributed by atoms with van der Waals surface area (Å²) in [4.78, 5) is 0. The molecule has 4 nitrogen and oxygen atoms in total. The SMILES string of the molecule is CCCC(OC)C(N)Cc1c(Cl)c(CC)nn1C. The van der Waals surface area contributed by atoms with Gasteiger partial charge in [0, 0.05) is 26.6 Å². The largest absolute Gasteiger partial charge is 0.380 e. The summed E-state index contributed by atoms with van der Waals surface area (Å²) in [5.74, 6) is 0. The smallest absolute Gasteiger partial charge is 0.0850 e. The number of ether oxygens (including phenoxy) is 1. The van der Waals surface area contributed by atoms with Crippen LogP contribution in [0.4, 0.5) is 0 Å². The van der Waals surface area contributed by atoms with Crippen molar-refractivity contribution in [3.8, 4) is 0 Å². The third kappa shape index (κ3) is 3.46. The first kappa shape index (κ1) is 15.5. The molecule has 0 saturated carbocycles. The van der Waals surface area contributed by atoms with Crippen molar-refractivity contribution in [2.24, 2.45) is 12.8 Å². The lowest BCUT2D eigenvalue weighted by Gasteiger charge is -2.22. The summed E-state index contributed by atoms with van der Waals surface area (Å²) in [6.45, 7) is 4.18. The normalized spacial score (nSPS) is 14.8. The molecule has 104 valence electrons. The van der Waals surface area contributed by atoms with Crippen LogP contribution in [0.5, 0.6) is 0 Å². The molecule has 0 bridgehead atoms. The molecule has 0 aliphatic rings. The van der Waals surface area contributed by atoms with Gasteiger partial charge in [-0.3, -0.25) is 4.68 Å². The third-order valence-electron chi connectivity index (χ3n) is 3.29. The fourth-order valence-electron chi connectivity index (χ4n) is 2.19. The van der Waals surface area contributed by atoms with E-state index in [1.165, 1.54) is 0 Å². The molecule has 0 amide bonds. The molecular formula is C13H24ClN3O. The molecule has 0 aliphatic heterocycles. The van der Waals surface area contributed by atoms with Crippen LogP contribution >= 0.6 is 11.6 Å². The predicted molar refractivity (Wildman–Crippen MR) is 75.0 cm³/mol. The molecule has 1 heterocycles. The summed E-state index contributed by atoms with van der Waals surface area (Å²) in [6.07, 6.45) is 3.64. The van der Waals surface area contributed by atoms with E-state index >= 15 is 0 Å². The molecule has 1 aromatic rings. The Morgan fingerprint density at radius 3 is 2.56 bits per heavy atom. The van der Waals surface area contributed by atoms with Crippen LogP contribution in [0.2, 0.25) is 5.02 Å². The van der Waals surface area contributed by atoms with Gasteiger partial charge in [-0.05, 0) is 12.8 Å². The first-order valence-electron chi connectivity index (χ1n) is 6.53. The summed E-state index contributed by atoms with van der Waals surface area (Å²) in [7, 11) is 3.62. The molecule has 18 heavy (non-hydrogen) atoms. The molecule has 2 N–H and O–H groups in total. The molecule has 0 spiro atoms. The van der Waals surface area contributed by atoms with Crippen LogP contribution in [-0.2, 0) is 24.6 Å². The van der Waals surface area contributed by atoms with Gasteiger partial charge < -0.3 is 10.5 Å². The second-order valence-corrected chi connectivity index (χ2v) is 4.99. The van der Waals surface area contributed by atoms with E-state index in [1.54, 1.807) is 7.11 Å². The Bertz CT molecular complexity index is 379. The first-order valence-corrected chi connectivity index (χ1v) is 6.91. The molecule has 1 rings (SSSR count). The van der Waals surface area contributed by atoms with Crippen LogP contribution in [0.1, 0.15) is 38.1 Å². The fraction of sp³-hybridized carbons (Fsp3) is 0.769. The van der Waals surface area contributed by atoms with Gasteiger partial charge in [0.15, 0.2) is 0 Å². The van der Waals surface area contributed by atoms with Crippen LogP contribution in [0.25, 0.3) is 0 Å². The van der Waals surface area contributed by atoms with Gasteiger partial charge in [0.1, 0.15) is 0 Å². The van der Waals surface area contributed by atoms with Gasteiger partial charge in [0.2, 0.25) is 0 Å². The highest BCUT2D eigenvalue weighted by Crippen LogP contribution is 2.23. The van der Waals surface area contributed by atoms with Gasteiger partial charge in [0.25, 0.3) is 0 Å². The molecule has 2 atom stereocenters. The number of aromatic nitrogens is 2. The minimum absolute atomic E-state index is 0.0486. The Balaban J connectivity index is 2.80. The highest BCUT2D eigenvalue weighted by atomic mass is 35.5. The lowest BCUT2D eigenvalue weighted by Crippen LogP contribution is -2.38. The molecule has 0 radical (unpaired) electrons. The van der Waals surface area contributed by atoms with Crippen LogP contribution in [0.3, 0.4) is 0 Å². The maximum atomic E-state index is 6.32. The van der Waals surface area contributed by atoms with E-state index < -0.39 is 0 Å². The third-order valence-corrected chi connectivity index (χ3v) is 3.72. The maximum absolute atomic E-state index is 6.32. The number of nitrogens with two attached hydrogens (primary N) is 1. The first-order chi connectivity index (χ1) is 8.54. The minimum Gasteiger partial charge on any atom is -0.380 e. The van der Waals surface area contributed by atoms with Gasteiger partial charge >= 0.3 is 0 Å². The van der Waals surface area contributed by atoms with Crippen molar-refractivity contribution in [2.75, 3.05) is 7.11 Å². The molecule has 0 aromatic carbocycles. The average molecular weight is 274 g/mol. The Hall–Kier alpha value is -0.580. The lowest BCUT2D eigenvalue weighted by atomic mass is 10.0. The van der Waals surface area contributed by atoms with E-state index in [1.807, 2.05) is 18.7 Å². The fourth-order valence-corrected chi connectivity index (χ4v) is 2.56. The quantitative estimate of drug-likeness (QED) is 0.830. The Morgan fingerprint density at radius 1 is 1.44 bits per heavy atom. The van der Waals surface area contributed by atoms with Crippen molar-refractivity contribution < 1.29 is 4.74 Å². The van der Waals surface area contributed by atoms with Crippen molar-refractivity contribution in [3.63, 3.8) is 0 Å². The number of nitrogens with zero attached hydrogens (tertiary/aromatic N) is 2. The molecule has 0 saturated heterocycles. The van der Waals surface area contributed by atoms with E-state index in [0.717, 1.165) is 35.7 Å². The van der Waals surface area contributed by atoms with Gasteiger partial charge in [-0.25, -0.2) is 0 Å². The zero-order chi connectivity index (χ0) is 13.7. The van der Waals surface area contributed by atoms with Crippen molar-refractivity contribution in [1.29, 1.82) is 0 Å². The monoisotopic (exact) mass is 273 g/mol. The molecule has 2 unspecified atom stereocenters. The summed E-state index contributed by atoms with van der Waals surface area (Å²) in [6, 6.07) is -0.0486. The topological polar surface area (TPSA) is 53.1 Å². The maximum Gasteiger partial charge on any atom is 0.0850 e. The highest BCUT2D eigenvalue weighted by Gasteiger charge is 2.21. The van der Waals surface area contributed by atoms with E-state index in [-0.39, 0.29) is 12.1 Å². The molecular weight excluding hydrogens is 250 g/mol. The van der Waals surface area contributed by atoms with Crippen LogP contribution in [0, 0.1) is 0 Å². The van der Waals surface area contributed by atoms with E-state index in [2.05, 4.69) is 12.0 Å². The number of aryl methyl sites for hydroxylation is 2. The van der Waals surface area contributed by atoms with Gasteiger partial charge in [-0.2, -0.15) is 5.10 Å². The zero-order valence-corrected chi connectivity index (χ0v) is 12.5. The number of rotatable bonds is 7. The van der Waals surface area contributed by atoms with Crippen LogP contribution in [0.15, 0.2) is 0 Å². The summed E-state index contributed by atoms with van der Waals surface area (Å²) in [5.41, 5.74) is 8.15. The molecule has 1 aromatic heterocycles. The van der Waals surface area contributed by atoms with E-state index in [0.29, 0.717) is 6.42 Å².